The van der Waals surface area contributed by atoms with Crippen LogP contribution in [0.3, 0.4) is 0 Å². The summed E-state index contributed by atoms with van der Waals surface area (Å²) in [5.74, 6) is -0.516. The zero-order chi connectivity index (χ0) is 10.1. The van der Waals surface area contributed by atoms with Crippen LogP contribution in [0.2, 0.25) is 0 Å². The van der Waals surface area contributed by atoms with Gasteiger partial charge in [-0.2, -0.15) is 0 Å². The molecule has 0 bridgehead atoms. The first-order valence-corrected chi connectivity index (χ1v) is 4.01. The highest BCUT2D eigenvalue weighted by Crippen LogP contribution is 2.10. The zero-order valence-corrected chi connectivity index (χ0v) is 7.48. The van der Waals surface area contributed by atoms with Gasteiger partial charge in [-0.3, -0.25) is 0 Å². The molecular formula is C9H8N2O3. The number of hydrogen-bond acceptors (Lipinski definition) is 3. The Morgan fingerprint density at radius 2 is 2.43 bits per heavy atom. The molecular weight excluding hydrogens is 184 g/mol. The summed E-state index contributed by atoms with van der Waals surface area (Å²) in [6.07, 6.45) is 2.82. The Hall–Kier alpha value is -2.04. The Kier molecular flexibility index (Phi) is 1.85. The van der Waals surface area contributed by atoms with E-state index >= 15 is 0 Å². The number of esters is 1. The molecule has 0 fully saturated rings. The van der Waals surface area contributed by atoms with Gasteiger partial charge in [-0.15, -0.1) is 0 Å². The minimum absolute atomic E-state index is 0.245. The van der Waals surface area contributed by atoms with Crippen LogP contribution in [-0.2, 0) is 4.74 Å². The molecule has 72 valence electrons. The fourth-order valence-electron chi connectivity index (χ4n) is 1.31. The molecule has 0 aliphatic carbocycles. The van der Waals surface area contributed by atoms with Gasteiger partial charge in [0.2, 0.25) is 0 Å². The Morgan fingerprint density at radius 3 is 3.14 bits per heavy atom. The molecule has 14 heavy (non-hydrogen) atoms. The van der Waals surface area contributed by atoms with Crippen molar-refractivity contribution in [2.24, 2.45) is 0 Å². The lowest BCUT2D eigenvalue weighted by molar-refractivity contribution is -0.579. The van der Waals surface area contributed by atoms with Gasteiger partial charge in [0.25, 0.3) is 5.65 Å². The highest BCUT2D eigenvalue weighted by Gasteiger charge is 2.11. The smallest absolute Gasteiger partial charge is 0.341 e. The Bertz CT molecular complexity index is 490. The molecule has 5 nitrogen and oxygen atoms in total. The van der Waals surface area contributed by atoms with Crippen LogP contribution < -0.4 is 4.73 Å². The third-order valence-electron chi connectivity index (χ3n) is 1.97. The van der Waals surface area contributed by atoms with Crippen molar-refractivity contribution in [1.29, 1.82) is 0 Å². The normalized spacial score (nSPS) is 10.4. The van der Waals surface area contributed by atoms with E-state index in [1.807, 2.05) is 0 Å². The molecule has 2 aromatic heterocycles. The number of nitrogens with zero attached hydrogens (tertiary/aromatic N) is 1. The van der Waals surface area contributed by atoms with Crippen molar-refractivity contribution in [3.8, 4) is 0 Å². The van der Waals surface area contributed by atoms with E-state index in [1.54, 1.807) is 18.3 Å². The van der Waals surface area contributed by atoms with Gasteiger partial charge in [-0.05, 0) is 12.1 Å². The minimum Gasteiger partial charge on any atom is -0.711 e. The first-order chi connectivity index (χ1) is 6.72. The largest absolute Gasteiger partial charge is 0.711 e. The van der Waals surface area contributed by atoms with Crippen LogP contribution in [0.5, 0.6) is 0 Å². The van der Waals surface area contributed by atoms with Crippen molar-refractivity contribution in [2.45, 2.75) is 0 Å². The van der Waals surface area contributed by atoms with Gasteiger partial charge >= 0.3 is 5.97 Å². The first kappa shape index (κ1) is 8.55. The van der Waals surface area contributed by atoms with Gasteiger partial charge in [0.05, 0.1) is 18.7 Å². The Morgan fingerprint density at radius 1 is 1.64 bits per heavy atom. The average Bonchev–Trinajstić information content (AvgIpc) is 2.64. The van der Waals surface area contributed by atoms with Crippen molar-refractivity contribution in [3.05, 3.63) is 35.3 Å². The molecule has 2 aromatic rings. The maximum atomic E-state index is 11.4. The zero-order valence-electron chi connectivity index (χ0n) is 7.48. The van der Waals surface area contributed by atoms with Crippen LogP contribution in [0.15, 0.2) is 24.5 Å². The number of aromatic amines is 1. The molecule has 0 radical (unpaired) electrons. The van der Waals surface area contributed by atoms with Gasteiger partial charge < -0.3 is 9.94 Å². The van der Waals surface area contributed by atoms with Crippen molar-refractivity contribution in [1.82, 2.24) is 4.98 Å². The predicted octanol–water partition coefficient (Wildman–Crippen LogP) is 0.588. The molecule has 1 N–H and O–H groups in total. The average molecular weight is 192 g/mol. The molecule has 0 aromatic carbocycles. The standard InChI is InChI=1S/C9H8N2O3/c1-14-9(12)7-4-6-2-3-10-8(6)11(13)5-7/h2-5,10H,1H3. The predicted molar refractivity (Wildman–Crippen MR) is 48.6 cm³/mol. The quantitative estimate of drug-likeness (QED) is 0.408. The fraction of sp³-hybridized carbons (Fsp3) is 0.111. The monoisotopic (exact) mass is 192 g/mol. The summed E-state index contributed by atoms with van der Waals surface area (Å²) in [4.78, 5) is 13.9. The number of hydrogen-bond donors (Lipinski definition) is 1. The number of methoxy groups -OCH3 is 1. The lowest BCUT2D eigenvalue weighted by atomic mass is 10.2. The topological polar surface area (TPSA) is 69.0 Å². The minimum atomic E-state index is -0.516. The third-order valence-corrected chi connectivity index (χ3v) is 1.97. The third kappa shape index (κ3) is 1.19. The second kappa shape index (κ2) is 3.02. The number of carbonyl (C=O) groups excluding carboxylic acids is 1. The highest BCUT2D eigenvalue weighted by atomic mass is 16.5. The van der Waals surface area contributed by atoms with Gasteiger partial charge in [-0.25, -0.2) is 14.5 Å². The van der Waals surface area contributed by atoms with Crippen LogP contribution in [0.1, 0.15) is 10.4 Å². The van der Waals surface area contributed by atoms with Crippen molar-refractivity contribution >= 4 is 17.0 Å². The van der Waals surface area contributed by atoms with E-state index in [-0.39, 0.29) is 5.56 Å². The van der Waals surface area contributed by atoms with E-state index in [4.69, 9.17) is 0 Å². The molecule has 0 aliphatic rings. The SMILES string of the molecule is COC(=O)c1cc2cc[nH]c2[n+]([O-])c1. The maximum absolute atomic E-state index is 11.4. The van der Waals surface area contributed by atoms with Crippen LogP contribution in [-0.4, -0.2) is 18.1 Å². The number of fused-ring (bicyclic) bond motifs is 1. The summed E-state index contributed by atoms with van der Waals surface area (Å²) in [5, 5.41) is 12.0. The van der Waals surface area contributed by atoms with Crippen LogP contribution >= 0.6 is 0 Å². The molecule has 0 unspecified atom stereocenters. The first-order valence-electron chi connectivity index (χ1n) is 4.01. The summed E-state index contributed by atoms with van der Waals surface area (Å²) in [7, 11) is 1.28. The maximum Gasteiger partial charge on any atom is 0.341 e. The number of pyridine rings is 1. The molecule has 0 saturated carbocycles. The summed E-state index contributed by atoms with van der Waals surface area (Å²) in [6, 6.07) is 3.32. The van der Waals surface area contributed by atoms with E-state index < -0.39 is 5.97 Å². The van der Waals surface area contributed by atoms with Gasteiger partial charge in [0.1, 0.15) is 11.8 Å². The molecule has 2 heterocycles. The molecule has 0 saturated heterocycles. The molecule has 0 spiro atoms. The number of carbonyl (C=O) groups is 1. The van der Waals surface area contributed by atoms with Crippen molar-refractivity contribution < 1.29 is 14.3 Å². The number of H-pyrrole nitrogens is 1. The van der Waals surface area contributed by atoms with Crippen LogP contribution in [0, 0.1) is 5.21 Å². The number of ether oxygens (including phenoxy) is 1. The number of rotatable bonds is 1. The van der Waals surface area contributed by atoms with Gasteiger partial charge in [0, 0.05) is 0 Å². The van der Waals surface area contributed by atoms with E-state index in [1.165, 1.54) is 13.3 Å². The van der Waals surface area contributed by atoms with Crippen LogP contribution in [0.25, 0.3) is 11.0 Å². The number of aromatic nitrogens is 2. The van der Waals surface area contributed by atoms with E-state index in [9.17, 15) is 10.0 Å². The second-order valence-corrected chi connectivity index (χ2v) is 2.83. The molecule has 0 aliphatic heterocycles. The van der Waals surface area contributed by atoms with Crippen molar-refractivity contribution in [3.63, 3.8) is 0 Å². The Labute approximate surface area is 79.5 Å². The summed E-state index contributed by atoms with van der Waals surface area (Å²) >= 11 is 0. The lowest BCUT2D eigenvalue weighted by Crippen LogP contribution is -2.28. The number of nitrogens with one attached hydrogen (secondary N) is 1. The lowest BCUT2D eigenvalue weighted by Gasteiger charge is -2.04. The molecule has 5 heteroatoms. The second-order valence-electron chi connectivity index (χ2n) is 2.83. The fourth-order valence-corrected chi connectivity index (χ4v) is 1.31. The van der Waals surface area contributed by atoms with E-state index in [0.29, 0.717) is 15.8 Å². The van der Waals surface area contributed by atoms with Gasteiger partial charge in [-0.1, -0.05) is 0 Å². The highest BCUT2D eigenvalue weighted by molar-refractivity contribution is 5.92. The van der Waals surface area contributed by atoms with Crippen molar-refractivity contribution in [2.75, 3.05) is 7.11 Å². The Balaban J connectivity index is 2.64. The van der Waals surface area contributed by atoms with Gasteiger partial charge in [0.15, 0.2) is 0 Å². The molecule has 0 amide bonds. The van der Waals surface area contributed by atoms with E-state index in [0.717, 1.165) is 0 Å². The summed E-state index contributed by atoms with van der Waals surface area (Å²) in [5.41, 5.74) is 0.673. The summed E-state index contributed by atoms with van der Waals surface area (Å²) in [6.45, 7) is 0. The molecule has 0 atom stereocenters. The van der Waals surface area contributed by atoms with Crippen LogP contribution in [0.4, 0.5) is 0 Å². The van der Waals surface area contributed by atoms with E-state index in [2.05, 4.69) is 9.72 Å². The summed E-state index contributed by atoms with van der Waals surface area (Å²) < 4.78 is 5.13. The molecule has 2 rings (SSSR count).